The number of carboxylic acid groups (broad SMARTS) is 1. The molecule has 10 heteroatoms. The number of ether oxygens (including phenoxy) is 1. The lowest BCUT2D eigenvalue weighted by Crippen LogP contribution is -2.46. The van der Waals surface area contributed by atoms with Gasteiger partial charge in [-0.25, -0.2) is 14.2 Å². The van der Waals surface area contributed by atoms with Crippen molar-refractivity contribution in [2.45, 2.75) is 31.1 Å². The Bertz CT molecular complexity index is 1060. The summed E-state index contributed by atoms with van der Waals surface area (Å²) in [6.45, 7) is 1.91. The highest BCUT2D eigenvalue weighted by molar-refractivity contribution is 7.11. The predicted octanol–water partition coefficient (Wildman–Crippen LogP) is 3.23. The van der Waals surface area contributed by atoms with Crippen LogP contribution in [0.15, 0.2) is 46.0 Å². The normalized spacial score (nSPS) is 26.0. The van der Waals surface area contributed by atoms with Gasteiger partial charge in [0.2, 0.25) is 0 Å². The number of aliphatic carboxylic acids is 1. The third-order valence-corrected chi connectivity index (χ3v) is 6.86. The summed E-state index contributed by atoms with van der Waals surface area (Å²) < 4.78 is 19.6. The average Bonchev–Trinajstić information content (AvgIpc) is 3.37. The van der Waals surface area contributed by atoms with Gasteiger partial charge in [-0.2, -0.15) is 0 Å². The van der Waals surface area contributed by atoms with E-state index in [-0.39, 0.29) is 22.8 Å². The molecule has 2 unspecified atom stereocenters. The first kappa shape index (κ1) is 20.6. The molecule has 1 aromatic carbocycles. The molecule has 7 nitrogen and oxygen atoms in total. The maximum absolute atomic E-state index is 13.6. The quantitative estimate of drug-likeness (QED) is 0.709. The minimum absolute atomic E-state index is 0.104. The molecule has 0 spiro atoms. The van der Waals surface area contributed by atoms with Gasteiger partial charge in [0.05, 0.1) is 17.8 Å². The summed E-state index contributed by atoms with van der Waals surface area (Å²) in [5.74, 6) is -1.10. The van der Waals surface area contributed by atoms with E-state index < -0.39 is 17.8 Å². The zero-order valence-electron chi connectivity index (χ0n) is 16.4. The predicted molar refractivity (Wildman–Crippen MR) is 115 cm³/mol. The Morgan fingerprint density at radius 2 is 2.13 bits per heavy atom. The molecule has 1 aromatic heterocycles. The molecule has 31 heavy (non-hydrogen) atoms. The van der Waals surface area contributed by atoms with E-state index in [1.54, 1.807) is 6.20 Å². The van der Waals surface area contributed by atoms with Gasteiger partial charge in [-0.05, 0) is 25.0 Å². The van der Waals surface area contributed by atoms with Crippen molar-refractivity contribution in [3.05, 3.63) is 62.5 Å². The highest BCUT2D eigenvalue weighted by Crippen LogP contribution is 2.37. The molecule has 0 amide bonds. The molecule has 2 N–H and O–H groups in total. The van der Waals surface area contributed by atoms with E-state index in [2.05, 4.69) is 20.2 Å². The summed E-state index contributed by atoms with van der Waals surface area (Å²) in [7, 11) is 0. The van der Waals surface area contributed by atoms with Crippen molar-refractivity contribution in [1.29, 1.82) is 0 Å². The fourth-order valence-electron chi connectivity index (χ4n) is 4.42. The number of morpholine rings is 1. The van der Waals surface area contributed by atoms with E-state index in [0.29, 0.717) is 28.6 Å². The smallest absolute Gasteiger partial charge is 0.335 e. The van der Waals surface area contributed by atoms with Gasteiger partial charge in [-0.3, -0.25) is 9.89 Å². The number of aliphatic imine (C=N–C) groups is 1. The van der Waals surface area contributed by atoms with Gasteiger partial charge >= 0.3 is 5.97 Å². The fourth-order valence-corrected chi connectivity index (χ4v) is 5.28. The van der Waals surface area contributed by atoms with E-state index >= 15 is 0 Å². The van der Waals surface area contributed by atoms with Crippen LogP contribution in [0, 0.1) is 5.82 Å². The molecule has 162 valence electrons. The summed E-state index contributed by atoms with van der Waals surface area (Å²) in [5.41, 5.74) is 1.09. The third kappa shape index (κ3) is 4.10. The van der Waals surface area contributed by atoms with Crippen molar-refractivity contribution in [2.24, 2.45) is 4.99 Å². The monoisotopic (exact) mass is 462 g/mol. The number of nitrogens with zero attached hydrogens (tertiary/aromatic N) is 3. The lowest BCUT2D eigenvalue weighted by molar-refractivity contribution is -0.133. The van der Waals surface area contributed by atoms with Gasteiger partial charge in [0.1, 0.15) is 11.9 Å². The van der Waals surface area contributed by atoms with Gasteiger partial charge in [0, 0.05) is 47.5 Å². The molecule has 3 atom stereocenters. The molecule has 0 radical (unpaired) electrons. The summed E-state index contributed by atoms with van der Waals surface area (Å²) in [6.07, 6.45) is 4.09. The Morgan fingerprint density at radius 3 is 2.77 bits per heavy atom. The van der Waals surface area contributed by atoms with Crippen molar-refractivity contribution >= 4 is 34.7 Å². The summed E-state index contributed by atoms with van der Waals surface area (Å²) in [6, 6.07) is 3.06. The molecule has 0 saturated carbocycles. The zero-order chi connectivity index (χ0) is 21.5. The molecule has 5 rings (SSSR count). The lowest BCUT2D eigenvalue weighted by Gasteiger charge is -2.34. The second-order valence-corrected chi connectivity index (χ2v) is 9.16. The number of thiazole rings is 1. The Kier molecular flexibility index (Phi) is 5.51. The molecule has 2 bridgehead atoms. The van der Waals surface area contributed by atoms with E-state index in [1.165, 1.54) is 29.5 Å². The standard InChI is InChI=1S/C21H20ClFN4O3S/c22-15-7-11(23)1-4-14(15)18-17(21(28)29)16(25-19(26-18)20-24-5-6-31-20)10-27-8-12-2-3-13(9-27)30-12/h1,4-7,12-13,18H,2-3,8-10H2,(H,25,26)(H,28,29)/t12?,13?,18-/m0/s1. The molecule has 4 heterocycles. The van der Waals surface area contributed by atoms with Crippen molar-refractivity contribution < 1.29 is 19.0 Å². The Hall–Kier alpha value is -2.33. The summed E-state index contributed by atoms with van der Waals surface area (Å²) in [4.78, 5) is 23.5. The molecule has 2 fully saturated rings. The maximum Gasteiger partial charge on any atom is 0.335 e. The van der Waals surface area contributed by atoms with Crippen LogP contribution in [-0.2, 0) is 9.53 Å². The number of fused-ring (bicyclic) bond motifs is 2. The fraction of sp³-hybridized carbons (Fsp3) is 0.381. The van der Waals surface area contributed by atoms with Gasteiger partial charge in [0.25, 0.3) is 0 Å². The van der Waals surface area contributed by atoms with Crippen LogP contribution >= 0.6 is 22.9 Å². The zero-order valence-corrected chi connectivity index (χ0v) is 18.0. The molecular weight excluding hydrogens is 443 g/mol. The number of amidine groups is 1. The SMILES string of the molecule is O=C(O)C1=C(CN2CC3CCC(C2)O3)NC(c2nccs2)=N[C@H]1c1ccc(F)cc1Cl. The highest BCUT2D eigenvalue weighted by atomic mass is 35.5. The van der Waals surface area contributed by atoms with Gasteiger partial charge in [-0.15, -0.1) is 11.3 Å². The Morgan fingerprint density at radius 1 is 1.35 bits per heavy atom. The van der Waals surface area contributed by atoms with Crippen molar-refractivity contribution in [3.8, 4) is 0 Å². The highest BCUT2D eigenvalue weighted by Gasteiger charge is 2.37. The van der Waals surface area contributed by atoms with Gasteiger partial charge in [0.15, 0.2) is 10.8 Å². The third-order valence-electron chi connectivity index (χ3n) is 5.75. The van der Waals surface area contributed by atoms with Crippen LogP contribution in [0.5, 0.6) is 0 Å². The molecule has 3 aliphatic rings. The number of aromatic nitrogens is 1. The van der Waals surface area contributed by atoms with Crippen LogP contribution < -0.4 is 5.32 Å². The van der Waals surface area contributed by atoms with E-state index in [1.807, 2.05) is 5.38 Å². The average molecular weight is 463 g/mol. The summed E-state index contributed by atoms with van der Waals surface area (Å²) in [5, 5.41) is 15.9. The Balaban J connectivity index is 1.56. The van der Waals surface area contributed by atoms with E-state index in [9.17, 15) is 14.3 Å². The minimum Gasteiger partial charge on any atom is -0.478 e. The Labute approximate surface area is 187 Å². The summed E-state index contributed by atoms with van der Waals surface area (Å²) >= 11 is 7.71. The van der Waals surface area contributed by atoms with Crippen LogP contribution in [0.1, 0.15) is 29.5 Å². The lowest BCUT2D eigenvalue weighted by atomic mass is 9.95. The van der Waals surface area contributed by atoms with Crippen LogP contribution in [0.3, 0.4) is 0 Å². The topological polar surface area (TPSA) is 87.0 Å². The van der Waals surface area contributed by atoms with Crippen molar-refractivity contribution in [2.75, 3.05) is 19.6 Å². The van der Waals surface area contributed by atoms with E-state index in [0.717, 1.165) is 25.9 Å². The van der Waals surface area contributed by atoms with Crippen LogP contribution in [0.25, 0.3) is 0 Å². The molecular formula is C21H20ClFN4O3S. The van der Waals surface area contributed by atoms with Crippen LogP contribution in [0.4, 0.5) is 4.39 Å². The van der Waals surface area contributed by atoms with Crippen molar-refractivity contribution in [3.63, 3.8) is 0 Å². The molecule has 2 saturated heterocycles. The first-order valence-corrected chi connectivity index (χ1v) is 11.3. The number of hydrogen-bond donors (Lipinski definition) is 2. The second kappa shape index (κ2) is 8.31. The number of carboxylic acids is 1. The number of likely N-dealkylation sites (tertiary alicyclic amines) is 1. The first-order chi connectivity index (χ1) is 15.0. The molecule has 3 aliphatic heterocycles. The molecule has 0 aliphatic carbocycles. The number of benzene rings is 1. The first-order valence-electron chi connectivity index (χ1n) is 10.0. The van der Waals surface area contributed by atoms with Gasteiger partial charge in [-0.1, -0.05) is 17.7 Å². The maximum atomic E-state index is 13.6. The number of halogens is 2. The minimum atomic E-state index is -1.09. The van der Waals surface area contributed by atoms with E-state index in [4.69, 9.17) is 16.3 Å². The van der Waals surface area contributed by atoms with Crippen LogP contribution in [0.2, 0.25) is 5.02 Å². The van der Waals surface area contributed by atoms with Crippen LogP contribution in [-0.4, -0.2) is 58.6 Å². The number of hydrogen-bond acceptors (Lipinski definition) is 7. The molecule has 2 aromatic rings. The second-order valence-electron chi connectivity index (χ2n) is 7.86. The number of nitrogens with one attached hydrogen (secondary N) is 1. The van der Waals surface area contributed by atoms with Gasteiger partial charge < -0.3 is 15.2 Å². The number of carbonyl (C=O) groups is 1. The largest absolute Gasteiger partial charge is 0.478 e. The number of rotatable bonds is 5. The van der Waals surface area contributed by atoms with Crippen molar-refractivity contribution in [1.82, 2.24) is 15.2 Å².